The Kier molecular flexibility index (Phi) is 3.57. The summed E-state index contributed by atoms with van der Waals surface area (Å²) in [5, 5.41) is 17.4. The topological polar surface area (TPSA) is 61.1 Å². The Balaban J connectivity index is 3.56. The van der Waals surface area contributed by atoms with E-state index in [-0.39, 0.29) is 3.57 Å². The van der Waals surface area contributed by atoms with Crippen molar-refractivity contribution in [2.24, 2.45) is 0 Å². The molecule has 0 heterocycles. The van der Waals surface area contributed by atoms with Gasteiger partial charge in [0.25, 0.3) is 6.43 Å². The maximum atomic E-state index is 12.6. The molecule has 0 fully saturated rings. The number of hydrogen-bond donors (Lipinski definition) is 1. The largest absolute Gasteiger partial charge is 0.478 e. The van der Waals surface area contributed by atoms with Crippen molar-refractivity contribution in [3.63, 3.8) is 0 Å². The van der Waals surface area contributed by atoms with Crippen molar-refractivity contribution < 1.29 is 18.7 Å². The molecule has 0 aromatic heterocycles. The van der Waals surface area contributed by atoms with Gasteiger partial charge in [-0.1, -0.05) is 0 Å². The van der Waals surface area contributed by atoms with Gasteiger partial charge < -0.3 is 5.11 Å². The molecule has 1 rings (SSSR count). The molecule has 3 nitrogen and oxygen atoms in total. The summed E-state index contributed by atoms with van der Waals surface area (Å²) in [6.07, 6.45) is -2.86. The molecule has 0 bridgehead atoms. The molecule has 0 spiro atoms. The normalized spacial score (nSPS) is 10.1. The summed E-state index contributed by atoms with van der Waals surface area (Å²) in [7, 11) is 0. The molecule has 15 heavy (non-hydrogen) atoms. The first-order valence-corrected chi connectivity index (χ1v) is 4.80. The number of aromatic carboxylic acids is 1. The fourth-order valence-corrected chi connectivity index (χ4v) is 1.79. The smallest absolute Gasteiger partial charge is 0.337 e. The number of carboxylic acids is 1. The highest BCUT2D eigenvalue weighted by molar-refractivity contribution is 14.1. The van der Waals surface area contributed by atoms with Crippen LogP contribution in [0.3, 0.4) is 0 Å². The number of nitrogens with zero attached hydrogens (tertiary/aromatic N) is 1. The molecular formula is C9H4F2INO2. The standard InChI is InChI=1S/C9H4F2INO2/c10-8(11)7-5(3-13)4(9(14)15)1-2-6(7)12/h1-2,8H,(H,14,15). The van der Waals surface area contributed by atoms with Crippen LogP contribution in [0, 0.1) is 14.9 Å². The average molecular weight is 323 g/mol. The molecule has 0 saturated heterocycles. The minimum absolute atomic E-state index is 0.184. The molecule has 1 aromatic carbocycles. The Morgan fingerprint density at radius 1 is 1.53 bits per heavy atom. The minimum atomic E-state index is -2.86. The highest BCUT2D eigenvalue weighted by Gasteiger charge is 2.22. The van der Waals surface area contributed by atoms with Crippen molar-refractivity contribution in [2.75, 3.05) is 0 Å². The Morgan fingerprint density at radius 2 is 2.13 bits per heavy atom. The third kappa shape index (κ3) is 2.23. The van der Waals surface area contributed by atoms with Crippen molar-refractivity contribution in [1.82, 2.24) is 0 Å². The summed E-state index contributed by atoms with van der Waals surface area (Å²) in [6, 6.07) is 3.91. The first-order chi connectivity index (χ1) is 6.99. The lowest BCUT2D eigenvalue weighted by Crippen LogP contribution is -2.05. The SMILES string of the molecule is N#Cc1c(C(=O)O)ccc(I)c1C(F)F. The molecule has 0 aliphatic carbocycles. The van der Waals surface area contributed by atoms with Gasteiger partial charge in [0.1, 0.15) is 6.07 Å². The van der Waals surface area contributed by atoms with E-state index in [9.17, 15) is 13.6 Å². The zero-order chi connectivity index (χ0) is 11.6. The number of rotatable bonds is 2. The summed E-state index contributed by atoms with van der Waals surface area (Å²) in [4.78, 5) is 10.7. The molecule has 0 unspecified atom stereocenters. The third-order valence-electron chi connectivity index (χ3n) is 1.75. The highest BCUT2D eigenvalue weighted by Crippen LogP contribution is 2.29. The van der Waals surface area contributed by atoms with Crippen molar-refractivity contribution in [2.45, 2.75) is 6.43 Å². The van der Waals surface area contributed by atoms with Gasteiger partial charge in [-0.05, 0) is 34.7 Å². The van der Waals surface area contributed by atoms with Gasteiger partial charge >= 0.3 is 5.97 Å². The monoisotopic (exact) mass is 323 g/mol. The van der Waals surface area contributed by atoms with Crippen LogP contribution in [0.4, 0.5) is 8.78 Å². The predicted molar refractivity (Wildman–Crippen MR) is 55.8 cm³/mol. The maximum Gasteiger partial charge on any atom is 0.337 e. The average Bonchev–Trinajstić information content (AvgIpc) is 2.15. The zero-order valence-corrected chi connectivity index (χ0v) is 9.33. The van der Waals surface area contributed by atoms with Gasteiger partial charge in [0.05, 0.1) is 11.1 Å². The summed E-state index contributed by atoms with van der Waals surface area (Å²) in [5.74, 6) is -1.38. The fraction of sp³-hybridized carbons (Fsp3) is 0.111. The Morgan fingerprint density at radius 3 is 2.53 bits per heavy atom. The lowest BCUT2D eigenvalue weighted by Gasteiger charge is -2.07. The van der Waals surface area contributed by atoms with Gasteiger partial charge in [0.2, 0.25) is 0 Å². The van der Waals surface area contributed by atoms with E-state index in [2.05, 4.69) is 0 Å². The third-order valence-corrected chi connectivity index (χ3v) is 2.69. The second-order valence-electron chi connectivity index (χ2n) is 2.60. The van der Waals surface area contributed by atoms with E-state index in [1.165, 1.54) is 12.1 Å². The van der Waals surface area contributed by atoms with Crippen molar-refractivity contribution in [1.29, 1.82) is 5.26 Å². The van der Waals surface area contributed by atoms with Gasteiger partial charge in [0, 0.05) is 9.13 Å². The van der Waals surface area contributed by atoms with Gasteiger partial charge in [-0.15, -0.1) is 0 Å². The molecule has 1 N–H and O–H groups in total. The molecular weight excluding hydrogens is 319 g/mol. The minimum Gasteiger partial charge on any atom is -0.478 e. The second kappa shape index (κ2) is 4.53. The van der Waals surface area contributed by atoms with Crippen molar-refractivity contribution >= 4 is 28.6 Å². The fourth-order valence-electron chi connectivity index (χ4n) is 1.11. The maximum absolute atomic E-state index is 12.6. The lowest BCUT2D eigenvalue weighted by molar-refractivity contribution is 0.0696. The Labute approximate surface area is 97.5 Å². The lowest BCUT2D eigenvalue weighted by atomic mass is 10.0. The number of halogens is 3. The number of nitriles is 1. The first kappa shape index (κ1) is 11.8. The molecule has 0 radical (unpaired) electrons. The number of carbonyl (C=O) groups is 1. The van der Waals surface area contributed by atoms with Gasteiger partial charge in [0.15, 0.2) is 0 Å². The van der Waals surface area contributed by atoms with E-state index >= 15 is 0 Å². The molecule has 0 saturated carbocycles. The van der Waals surface area contributed by atoms with Crippen molar-refractivity contribution in [3.05, 3.63) is 32.4 Å². The van der Waals surface area contributed by atoms with Crippen LogP contribution < -0.4 is 0 Å². The van der Waals surface area contributed by atoms with Gasteiger partial charge in [-0.2, -0.15) is 5.26 Å². The first-order valence-electron chi connectivity index (χ1n) is 3.73. The number of carboxylic acid groups (broad SMARTS) is 1. The Bertz CT molecular complexity index is 454. The summed E-state index contributed by atoms with van der Waals surface area (Å²) >= 11 is 1.64. The van der Waals surface area contributed by atoms with Gasteiger partial charge in [-0.3, -0.25) is 0 Å². The molecule has 6 heteroatoms. The van der Waals surface area contributed by atoms with E-state index < -0.39 is 29.1 Å². The van der Waals surface area contributed by atoms with Crippen LogP contribution in [0.1, 0.15) is 27.9 Å². The van der Waals surface area contributed by atoms with Crippen LogP contribution in [-0.2, 0) is 0 Å². The molecule has 78 valence electrons. The predicted octanol–water partition coefficient (Wildman–Crippen LogP) is 2.80. The van der Waals surface area contributed by atoms with Crippen LogP contribution in [0.2, 0.25) is 0 Å². The van der Waals surface area contributed by atoms with Crippen LogP contribution in [0.25, 0.3) is 0 Å². The van der Waals surface area contributed by atoms with Crippen molar-refractivity contribution in [3.8, 4) is 6.07 Å². The van der Waals surface area contributed by atoms with Gasteiger partial charge in [-0.25, -0.2) is 13.6 Å². The van der Waals surface area contributed by atoms with E-state index in [0.717, 1.165) is 6.07 Å². The summed E-state index contributed by atoms with van der Waals surface area (Å²) < 4.78 is 25.3. The van der Waals surface area contributed by atoms with E-state index in [0.29, 0.717) is 0 Å². The molecule has 1 aromatic rings. The second-order valence-corrected chi connectivity index (χ2v) is 3.76. The van der Waals surface area contributed by atoms with Crippen LogP contribution in [0.5, 0.6) is 0 Å². The van der Waals surface area contributed by atoms with Crippen LogP contribution in [0.15, 0.2) is 12.1 Å². The molecule has 0 aliphatic rings. The number of hydrogen-bond acceptors (Lipinski definition) is 2. The zero-order valence-electron chi connectivity index (χ0n) is 7.17. The van der Waals surface area contributed by atoms with Crippen LogP contribution in [-0.4, -0.2) is 11.1 Å². The van der Waals surface area contributed by atoms with E-state index in [1.807, 2.05) is 0 Å². The number of alkyl halides is 2. The summed E-state index contributed by atoms with van der Waals surface area (Å²) in [5.41, 5.74) is -1.38. The highest BCUT2D eigenvalue weighted by atomic mass is 127. The number of benzene rings is 1. The van der Waals surface area contributed by atoms with E-state index in [1.54, 1.807) is 22.6 Å². The molecule has 0 atom stereocenters. The molecule has 0 aliphatic heterocycles. The van der Waals surface area contributed by atoms with Crippen LogP contribution >= 0.6 is 22.6 Å². The quantitative estimate of drug-likeness (QED) is 0.852. The van der Waals surface area contributed by atoms with E-state index in [4.69, 9.17) is 10.4 Å². The molecule has 0 amide bonds. The summed E-state index contributed by atoms with van der Waals surface area (Å²) in [6.45, 7) is 0. The Hall–Kier alpha value is -1.23.